The maximum absolute atomic E-state index is 12.9. The van der Waals surface area contributed by atoms with Crippen molar-refractivity contribution >= 4 is 10.0 Å². The number of hydrogen-bond donors (Lipinski definition) is 1. The third kappa shape index (κ3) is 8.78. The van der Waals surface area contributed by atoms with E-state index >= 15 is 0 Å². The Hall–Kier alpha value is -1.20. The van der Waals surface area contributed by atoms with Gasteiger partial charge in [-0.1, -0.05) is 19.8 Å². The van der Waals surface area contributed by atoms with Crippen molar-refractivity contribution in [3.05, 3.63) is 29.8 Å². The number of hydrogen-bond acceptors (Lipinski definition) is 5. The Morgan fingerprint density at radius 2 is 1.62 bits per heavy atom. The van der Waals surface area contributed by atoms with Crippen LogP contribution in [0.3, 0.4) is 0 Å². The van der Waals surface area contributed by atoms with Crippen molar-refractivity contribution in [3.8, 4) is 0 Å². The summed E-state index contributed by atoms with van der Waals surface area (Å²) in [6.07, 6.45) is 2.82. The Morgan fingerprint density at radius 3 is 2.18 bits per heavy atom. The Bertz CT molecular complexity index is 811. The number of alkyl halides is 3. The van der Waals surface area contributed by atoms with Crippen LogP contribution in [0.1, 0.15) is 63.9 Å². The fraction of sp³-hybridized carbons (Fsp3) is 0.750. The highest BCUT2D eigenvalue weighted by Gasteiger charge is 2.34. The van der Waals surface area contributed by atoms with Gasteiger partial charge in [0.2, 0.25) is 10.0 Å². The molecule has 0 heterocycles. The highest BCUT2D eigenvalue weighted by Crippen LogP contribution is 2.32. The molecule has 0 aliphatic heterocycles. The number of nitrogens with zero attached hydrogens (tertiary/aromatic N) is 2. The number of sulfonamides is 1. The smallest absolute Gasteiger partial charge is 0.395 e. The molecule has 0 bridgehead atoms. The average Bonchev–Trinajstić information content (AvgIpc) is 2.82. The van der Waals surface area contributed by atoms with Crippen molar-refractivity contribution in [1.82, 2.24) is 9.21 Å². The molecule has 10 heteroatoms. The van der Waals surface area contributed by atoms with Gasteiger partial charge in [-0.2, -0.15) is 17.5 Å². The van der Waals surface area contributed by atoms with Gasteiger partial charge < -0.3 is 14.7 Å². The molecule has 0 radical (unpaired) electrons. The van der Waals surface area contributed by atoms with E-state index in [0.29, 0.717) is 19.4 Å². The normalized spacial score (nSPS) is 19.8. The van der Waals surface area contributed by atoms with Crippen molar-refractivity contribution in [2.75, 3.05) is 39.9 Å². The molecule has 0 saturated heterocycles. The predicted molar refractivity (Wildman–Crippen MR) is 126 cm³/mol. The summed E-state index contributed by atoms with van der Waals surface area (Å²) < 4.78 is 71.3. The first kappa shape index (κ1) is 29.0. The molecule has 1 aliphatic rings. The maximum atomic E-state index is 12.9. The molecule has 2 rings (SSSR count). The molecule has 0 spiro atoms. The number of aliphatic hydroxyl groups excluding tert-OH is 1. The van der Waals surface area contributed by atoms with Crippen LogP contribution >= 0.6 is 0 Å². The van der Waals surface area contributed by atoms with Crippen LogP contribution in [0.15, 0.2) is 29.2 Å². The SMILES string of the molecule is CCN(CCO)CCCCCCO[C@H]1CC[C@H](N(C)S(=O)(=O)c2ccc(C(F)(F)F)cc2)CC1. The molecule has 6 nitrogen and oxygen atoms in total. The summed E-state index contributed by atoms with van der Waals surface area (Å²) in [5.74, 6) is 0. The summed E-state index contributed by atoms with van der Waals surface area (Å²) in [6, 6.07) is 3.47. The van der Waals surface area contributed by atoms with Crippen LogP contribution in [-0.2, 0) is 20.9 Å². The van der Waals surface area contributed by atoms with Crippen LogP contribution in [0, 0.1) is 0 Å². The molecule has 0 atom stereocenters. The standard InChI is InChI=1S/C24H39F3N2O4S/c1-3-29(17-18-30)16-6-4-5-7-19-33-22-12-10-21(11-13-22)28(2)34(31,32)23-14-8-20(9-15-23)24(25,26)27/h8-9,14-15,21-22,30H,3-7,10-13,16-19H2,1-2H3/t21-,22-. The summed E-state index contributed by atoms with van der Waals surface area (Å²) >= 11 is 0. The third-order valence-electron chi connectivity index (χ3n) is 6.60. The van der Waals surface area contributed by atoms with Gasteiger partial charge >= 0.3 is 6.18 Å². The lowest BCUT2D eigenvalue weighted by molar-refractivity contribution is -0.137. The van der Waals surface area contributed by atoms with Gasteiger partial charge in [-0.3, -0.25) is 0 Å². The number of likely N-dealkylation sites (N-methyl/N-ethyl adjacent to an activating group) is 1. The summed E-state index contributed by atoms with van der Waals surface area (Å²) in [5.41, 5.74) is -0.864. The molecule has 0 amide bonds. The van der Waals surface area contributed by atoms with Gasteiger partial charge in [-0.05, 0) is 75.9 Å². The van der Waals surface area contributed by atoms with Gasteiger partial charge in [0.1, 0.15) is 0 Å². The first-order chi connectivity index (χ1) is 16.1. The predicted octanol–water partition coefficient (Wildman–Crippen LogP) is 4.53. The van der Waals surface area contributed by atoms with E-state index in [9.17, 15) is 21.6 Å². The topological polar surface area (TPSA) is 70.1 Å². The molecular weight excluding hydrogens is 469 g/mol. The van der Waals surface area contributed by atoms with E-state index in [2.05, 4.69) is 11.8 Å². The second kappa shape index (κ2) is 13.8. The molecule has 1 N–H and O–H groups in total. The fourth-order valence-corrected chi connectivity index (χ4v) is 5.78. The summed E-state index contributed by atoms with van der Waals surface area (Å²) in [4.78, 5) is 2.11. The van der Waals surface area contributed by atoms with E-state index in [-0.39, 0.29) is 23.6 Å². The molecule has 0 unspecified atom stereocenters. The summed E-state index contributed by atoms with van der Waals surface area (Å²) in [6.45, 7) is 5.67. The highest BCUT2D eigenvalue weighted by atomic mass is 32.2. The molecule has 1 fully saturated rings. The van der Waals surface area contributed by atoms with E-state index in [0.717, 1.165) is 82.4 Å². The van der Waals surface area contributed by atoms with Crippen molar-refractivity contribution in [1.29, 1.82) is 0 Å². The van der Waals surface area contributed by atoms with Gasteiger partial charge in [0.05, 0.1) is 23.2 Å². The second-order valence-corrected chi connectivity index (χ2v) is 10.9. The van der Waals surface area contributed by atoms with E-state index in [1.54, 1.807) is 0 Å². The third-order valence-corrected chi connectivity index (χ3v) is 8.53. The largest absolute Gasteiger partial charge is 0.416 e. The van der Waals surface area contributed by atoms with Crippen LogP contribution in [0.4, 0.5) is 13.2 Å². The maximum Gasteiger partial charge on any atom is 0.416 e. The van der Waals surface area contributed by atoms with Crippen LogP contribution < -0.4 is 0 Å². The van der Waals surface area contributed by atoms with Crippen molar-refractivity contribution in [2.45, 2.75) is 81.5 Å². The van der Waals surface area contributed by atoms with E-state index in [1.807, 2.05) is 0 Å². The van der Waals surface area contributed by atoms with E-state index < -0.39 is 21.8 Å². The van der Waals surface area contributed by atoms with Crippen LogP contribution in [0.25, 0.3) is 0 Å². The molecule has 1 aromatic rings. The molecule has 0 aromatic heterocycles. The zero-order chi connectivity index (χ0) is 25.2. The van der Waals surface area contributed by atoms with Crippen molar-refractivity contribution in [3.63, 3.8) is 0 Å². The molecule has 196 valence electrons. The summed E-state index contributed by atoms with van der Waals surface area (Å²) in [7, 11) is -2.35. The van der Waals surface area contributed by atoms with E-state index in [1.165, 1.54) is 11.4 Å². The number of aliphatic hydroxyl groups is 1. The zero-order valence-electron chi connectivity index (χ0n) is 20.3. The minimum absolute atomic E-state index is 0.124. The number of benzene rings is 1. The Kier molecular flexibility index (Phi) is 11.8. The van der Waals surface area contributed by atoms with Crippen LogP contribution in [0.5, 0.6) is 0 Å². The number of ether oxygens (including phenoxy) is 1. The van der Waals surface area contributed by atoms with Crippen LogP contribution in [0.2, 0.25) is 0 Å². The monoisotopic (exact) mass is 508 g/mol. The minimum Gasteiger partial charge on any atom is -0.395 e. The highest BCUT2D eigenvalue weighted by molar-refractivity contribution is 7.89. The number of rotatable bonds is 14. The van der Waals surface area contributed by atoms with Gasteiger partial charge in [0.25, 0.3) is 0 Å². The molecule has 1 saturated carbocycles. The average molecular weight is 509 g/mol. The van der Waals surface area contributed by atoms with Gasteiger partial charge in [0, 0.05) is 26.2 Å². The molecule has 1 aliphatic carbocycles. The lowest BCUT2D eigenvalue weighted by Gasteiger charge is -2.34. The lowest BCUT2D eigenvalue weighted by Crippen LogP contribution is -2.40. The minimum atomic E-state index is -4.50. The number of unbranched alkanes of at least 4 members (excludes halogenated alkanes) is 3. The number of halogens is 3. The van der Waals surface area contributed by atoms with Gasteiger partial charge in [-0.25, -0.2) is 8.42 Å². The first-order valence-corrected chi connectivity index (χ1v) is 13.6. The Morgan fingerprint density at radius 1 is 1.00 bits per heavy atom. The Balaban J connectivity index is 1.69. The van der Waals surface area contributed by atoms with Gasteiger partial charge in [-0.15, -0.1) is 0 Å². The van der Waals surface area contributed by atoms with Crippen molar-refractivity contribution in [2.24, 2.45) is 0 Å². The summed E-state index contributed by atoms with van der Waals surface area (Å²) in [5, 5.41) is 9.01. The zero-order valence-corrected chi connectivity index (χ0v) is 21.1. The quantitative estimate of drug-likeness (QED) is 0.374. The van der Waals surface area contributed by atoms with E-state index in [4.69, 9.17) is 9.84 Å². The molecular formula is C24H39F3N2O4S. The van der Waals surface area contributed by atoms with Gasteiger partial charge in [0.15, 0.2) is 0 Å². The fourth-order valence-electron chi connectivity index (χ4n) is 4.36. The molecule has 1 aromatic carbocycles. The van der Waals surface area contributed by atoms with Crippen molar-refractivity contribution < 1.29 is 31.4 Å². The second-order valence-electron chi connectivity index (χ2n) is 8.92. The first-order valence-electron chi connectivity index (χ1n) is 12.2. The Labute approximate surface area is 202 Å². The van der Waals surface area contributed by atoms with Crippen LogP contribution in [-0.4, -0.2) is 74.8 Å². The lowest BCUT2D eigenvalue weighted by atomic mass is 9.93. The molecule has 34 heavy (non-hydrogen) atoms.